The van der Waals surface area contributed by atoms with Crippen LogP contribution in [0.2, 0.25) is 0 Å². The summed E-state index contributed by atoms with van der Waals surface area (Å²) < 4.78 is 1.32. The normalized spacial score (nSPS) is 10.5. The van der Waals surface area contributed by atoms with Gasteiger partial charge in [0, 0.05) is 13.1 Å². The highest BCUT2D eigenvalue weighted by Crippen LogP contribution is 2.28. The number of fused-ring (bicyclic) bond motifs is 1. The quantitative estimate of drug-likeness (QED) is 0.783. The van der Waals surface area contributed by atoms with Gasteiger partial charge in [0.2, 0.25) is 0 Å². The molecular weight excluding hydrogens is 180 g/mol. The van der Waals surface area contributed by atoms with E-state index in [4.69, 9.17) is 5.73 Å². The van der Waals surface area contributed by atoms with Gasteiger partial charge in [0.1, 0.15) is 0 Å². The van der Waals surface area contributed by atoms with Gasteiger partial charge in [-0.05, 0) is 22.9 Å². The Kier molecular flexibility index (Phi) is 2.47. The largest absolute Gasteiger partial charge is 0.383 e. The van der Waals surface area contributed by atoms with Crippen molar-refractivity contribution in [1.29, 1.82) is 0 Å². The van der Waals surface area contributed by atoms with E-state index in [2.05, 4.69) is 35.0 Å². The summed E-state index contributed by atoms with van der Waals surface area (Å²) in [7, 11) is 0. The van der Waals surface area contributed by atoms with Crippen molar-refractivity contribution in [2.24, 2.45) is 5.73 Å². The molecule has 0 fully saturated rings. The first-order valence-electron chi connectivity index (χ1n) is 4.32. The van der Waals surface area contributed by atoms with Crippen LogP contribution in [0.3, 0.4) is 0 Å². The molecule has 2 aromatic rings. The molecule has 1 heterocycles. The van der Waals surface area contributed by atoms with Crippen LogP contribution in [-0.2, 0) is 0 Å². The second-order valence-corrected chi connectivity index (χ2v) is 3.78. The topological polar surface area (TPSA) is 38.0 Å². The Hall–Kier alpha value is -1.06. The fourth-order valence-corrected chi connectivity index (χ4v) is 2.23. The van der Waals surface area contributed by atoms with Crippen molar-refractivity contribution in [3.8, 4) is 0 Å². The molecule has 0 saturated carbocycles. The van der Waals surface area contributed by atoms with Gasteiger partial charge in [0.05, 0.1) is 10.4 Å². The lowest BCUT2D eigenvalue weighted by atomic mass is 10.2. The average molecular weight is 192 g/mol. The van der Waals surface area contributed by atoms with E-state index in [0.717, 1.165) is 6.54 Å². The Morgan fingerprint density at radius 1 is 1.31 bits per heavy atom. The maximum Gasteiger partial charge on any atom is 0.0574 e. The number of benzene rings is 1. The number of thiophene rings is 1. The maximum absolute atomic E-state index is 5.44. The number of nitrogens with one attached hydrogen (secondary N) is 1. The summed E-state index contributed by atoms with van der Waals surface area (Å²) in [5.41, 5.74) is 6.63. The van der Waals surface area contributed by atoms with Crippen molar-refractivity contribution in [2.45, 2.75) is 0 Å². The van der Waals surface area contributed by atoms with Gasteiger partial charge in [-0.1, -0.05) is 12.1 Å². The molecule has 1 aromatic heterocycles. The second kappa shape index (κ2) is 3.77. The highest BCUT2D eigenvalue weighted by Gasteiger charge is 1.99. The van der Waals surface area contributed by atoms with Crippen molar-refractivity contribution in [2.75, 3.05) is 18.4 Å². The summed E-state index contributed by atoms with van der Waals surface area (Å²) in [4.78, 5) is 0. The molecule has 0 radical (unpaired) electrons. The molecule has 2 nitrogen and oxygen atoms in total. The summed E-state index contributed by atoms with van der Waals surface area (Å²) in [6.45, 7) is 1.50. The Labute approximate surface area is 81.4 Å². The van der Waals surface area contributed by atoms with Crippen LogP contribution in [-0.4, -0.2) is 13.1 Å². The highest BCUT2D eigenvalue weighted by atomic mass is 32.1. The van der Waals surface area contributed by atoms with Crippen molar-refractivity contribution >= 4 is 27.1 Å². The molecule has 0 unspecified atom stereocenters. The Morgan fingerprint density at radius 3 is 3.08 bits per heavy atom. The molecule has 0 bridgehead atoms. The van der Waals surface area contributed by atoms with Gasteiger partial charge < -0.3 is 11.1 Å². The summed E-state index contributed by atoms with van der Waals surface area (Å²) in [6, 6.07) is 8.41. The van der Waals surface area contributed by atoms with Crippen molar-refractivity contribution in [3.05, 3.63) is 29.6 Å². The van der Waals surface area contributed by atoms with Gasteiger partial charge >= 0.3 is 0 Å². The van der Waals surface area contributed by atoms with E-state index >= 15 is 0 Å². The molecule has 0 aliphatic rings. The molecule has 0 saturated heterocycles. The van der Waals surface area contributed by atoms with Crippen LogP contribution in [0.1, 0.15) is 0 Å². The average Bonchev–Trinajstić information content (AvgIpc) is 2.62. The lowest BCUT2D eigenvalue weighted by molar-refractivity contribution is 1.03. The van der Waals surface area contributed by atoms with E-state index in [0.29, 0.717) is 6.54 Å². The van der Waals surface area contributed by atoms with Gasteiger partial charge in [0.15, 0.2) is 0 Å². The molecule has 0 spiro atoms. The van der Waals surface area contributed by atoms with Crippen LogP contribution in [0.5, 0.6) is 0 Å². The monoisotopic (exact) mass is 192 g/mol. The number of nitrogens with two attached hydrogens (primary N) is 1. The van der Waals surface area contributed by atoms with Crippen molar-refractivity contribution < 1.29 is 0 Å². The molecule has 3 N–H and O–H groups in total. The third kappa shape index (κ3) is 1.66. The standard InChI is InChI=1S/C10H12N2S/c11-5-6-12-9-3-1-2-8-4-7-13-10(8)9/h1-4,7,12H,5-6,11H2. The first kappa shape index (κ1) is 8.53. The lowest BCUT2D eigenvalue weighted by Gasteiger charge is -2.04. The maximum atomic E-state index is 5.44. The van der Waals surface area contributed by atoms with Crippen LogP contribution in [0.4, 0.5) is 5.69 Å². The molecule has 3 heteroatoms. The molecule has 2 rings (SSSR count). The van der Waals surface area contributed by atoms with Gasteiger partial charge in [-0.25, -0.2) is 0 Å². The first-order chi connectivity index (χ1) is 6.42. The minimum Gasteiger partial charge on any atom is -0.383 e. The first-order valence-corrected chi connectivity index (χ1v) is 5.20. The molecule has 13 heavy (non-hydrogen) atoms. The molecule has 0 aliphatic heterocycles. The lowest BCUT2D eigenvalue weighted by Crippen LogP contribution is -2.12. The fourth-order valence-electron chi connectivity index (χ4n) is 1.34. The zero-order valence-electron chi connectivity index (χ0n) is 7.29. The summed E-state index contributed by atoms with van der Waals surface area (Å²) in [6.07, 6.45) is 0. The summed E-state index contributed by atoms with van der Waals surface area (Å²) >= 11 is 1.76. The van der Waals surface area contributed by atoms with E-state index in [-0.39, 0.29) is 0 Å². The van der Waals surface area contributed by atoms with E-state index in [1.54, 1.807) is 11.3 Å². The Bertz CT molecular complexity index is 394. The van der Waals surface area contributed by atoms with Crippen LogP contribution >= 0.6 is 11.3 Å². The number of rotatable bonds is 3. The van der Waals surface area contributed by atoms with Crippen LogP contribution in [0.15, 0.2) is 29.6 Å². The molecule has 0 amide bonds. The van der Waals surface area contributed by atoms with Gasteiger partial charge in [-0.15, -0.1) is 11.3 Å². The van der Waals surface area contributed by atoms with Crippen molar-refractivity contribution in [3.63, 3.8) is 0 Å². The van der Waals surface area contributed by atoms with Gasteiger partial charge in [-0.2, -0.15) is 0 Å². The Balaban J connectivity index is 2.37. The minimum absolute atomic E-state index is 0.668. The zero-order chi connectivity index (χ0) is 9.10. The van der Waals surface area contributed by atoms with E-state index < -0.39 is 0 Å². The van der Waals surface area contributed by atoms with Crippen molar-refractivity contribution in [1.82, 2.24) is 0 Å². The summed E-state index contributed by atoms with van der Waals surface area (Å²) in [5.74, 6) is 0. The van der Waals surface area contributed by atoms with Gasteiger partial charge in [-0.3, -0.25) is 0 Å². The minimum atomic E-state index is 0.668. The smallest absolute Gasteiger partial charge is 0.0574 e. The molecule has 0 atom stereocenters. The Morgan fingerprint density at radius 2 is 2.23 bits per heavy atom. The predicted molar refractivity (Wildman–Crippen MR) is 59.4 cm³/mol. The zero-order valence-corrected chi connectivity index (χ0v) is 8.10. The van der Waals surface area contributed by atoms with Crippen LogP contribution in [0, 0.1) is 0 Å². The highest BCUT2D eigenvalue weighted by molar-refractivity contribution is 7.17. The third-order valence-electron chi connectivity index (χ3n) is 1.94. The van der Waals surface area contributed by atoms with E-state index in [1.165, 1.54) is 15.8 Å². The molecule has 0 aliphatic carbocycles. The molecule has 1 aromatic carbocycles. The predicted octanol–water partition coefficient (Wildman–Crippen LogP) is 2.27. The third-order valence-corrected chi connectivity index (χ3v) is 2.90. The second-order valence-electron chi connectivity index (χ2n) is 2.86. The number of hydrogen-bond donors (Lipinski definition) is 2. The SMILES string of the molecule is NCCNc1cccc2ccsc12. The fraction of sp³-hybridized carbons (Fsp3) is 0.200. The summed E-state index contributed by atoms with van der Waals surface area (Å²) in [5, 5.41) is 6.72. The van der Waals surface area contributed by atoms with Gasteiger partial charge in [0.25, 0.3) is 0 Å². The molecule has 68 valence electrons. The van der Waals surface area contributed by atoms with E-state index in [9.17, 15) is 0 Å². The number of anilines is 1. The van der Waals surface area contributed by atoms with E-state index in [1.807, 2.05) is 0 Å². The van der Waals surface area contributed by atoms with Crippen LogP contribution < -0.4 is 11.1 Å². The molecular formula is C10H12N2S. The number of hydrogen-bond acceptors (Lipinski definition) is 3. The van der Waals surface area contributed by atoms with Crippen LogP contribution in [0.25, 0.3) is 10.1 Å².